The van der Waals surface area contributed by atoms with Crippen LogP contribution in [0.4, 0.5) is 16.2 Å². The van der Waals surface area contributed by atoms with Gasteiger partial charge in [-0.3, -0.25) is 19.3 Å². The number of carboxylic acids is 1. The molecule has 0 radical (unpaired) electrons. The average Bonchev–Trinajstić information content (AvgIpc) is 3.21. The fraction of sp³-hybridized carbons (Fsp3) is 0.541. The van der Waals surface area contributed by atoms with Crippen molar-refractivity contribution in [1.82, 2.24) is 10.3 Å². The van der Waals surface area contributed by atoms with E-state index in [1.54, 1.807) is 31.3 Å². The quantitative estimate of drug-likeness (QED) is 0.140. The van der Waals surface area contributed by atoms with E-state index in [0.29, 0.717) is 16.9 Å². The number of carboxylic acid groups (broad SMARTS) is 1. The lowest BCUT2D eigenvalue weighted by atomic mass is 9.83. The Balaban J connectivity index is 0.000000478. The summed E-state index contributed by atoms with van der Waals surface area (Å²) in [4.78, 5) is 52.7. The number of aliphatic hydroxyl groups is 5. The Morgan fingerprint density at radius 1 is 0.923 bits per heavy atom. The molecule has 3 amide bonds. The summed E-state index contributed by atoms with van der Waals surface area (Å²) in [5, 5.41) is 65.3. The van der Waals surface area contributed by atoms with Gasteiger partial charge in [-0.05, 0) is 43.7 Å². The lowest BCUT2D eigenvalue weighted by Crippen LogP contribution is -2.48. The van der Waals surface area contributed by atoms with Gasteiger partial charge in [0, 0.05) is 29.1 Å². The highest BCUT2D eigenvalue weighted by Crippen LogP contribution is 2.34. The molecule has 1 saturated carbocycles. The first kappa shape index (κ1) is 42.2. The number of aliphatic carboxylic acids is 1. The summed E-state index contributed by atoms with van der Waals surface area (Å²) in [7, 11) is 1.57. The zero-order valence-electron chi connectivity index (χ0n) is 30.2. The number of hydrogen-bond donors (Lipinski definition) is 8. The lowest BCUT2D eigenvalue weighted by molar-refractivity contribution is -0.136. The van der Waals surface area contributed by atoms with Gasteiger partial charge in [0.15, 0.2) is 5.78 Å². The monoisotopic (exact) mass is 727 g/mol. The van der Waals surface area contributed by atoms with Gasteiger partial charge in [0.25, 0.3) is 0 Å². The van der Waals surface area contributed by atoms with Gasteiger partial charge in [-0.2, -0.15) is 5.10 Å². The molecule has 8 N–H and O–H groups in total. The number of nitrogens with one attached hydrogen (secondary N) is 2. The maximum Gasteiger partial charge on any atom is 0.345 e. The minimum atomic E-state index is -1.55. The summed E-state index contributed by atoms with van der Waals surface area (Å²) in [6, 6.07) is 13.6. The third-order valence-electron chi connectivity index (χ3n) is 8.88. The number of urea groups is 1. The van der Waals surface area contributed by atoms with Gasteiger partial charge in [-0.1, -0.05) is 70.4 Å². The summed E-state index contributed by atoms with van der Waals surface area (Å²) >= 11 is 0. The van der Waals surface area contributed by atoms with E-state index < -0.39 is 54.3 Å². The standard InChI is InChI=1S/C30H36N4O5.C7H17NO5/c1-30(2,3)25(35)18-33-24-15-8-7-14-23(24)28(21-11-5-4-6-12-21)32-34(29(33)39)19-26(36)31-22-13-9-10-20(16-22)17-27(37)38;1-8-2-4(10)6(12)7(13)5(11)3-9/h7-10,13-16,21H,4-6,11-12,17-19H2,1-3H3,(H,31,36)(H,37,38);4-13H,2-3H2,1H3/t;4-,5+,6+,7+/m.0/s1. The third-order valence-corrected chi connectivity index (χ3v) is 8.88. The molecule has 1 heterocycles. The molecule has 286 valence electrons. The van der Waals surface area contributed by atoms with Crippen LogP contribution in [0.2, 0.25) is 0 Å². The summed E-state index contributed by atoms with van der Waals surface area (Å²) in [5.74, 6) is -1.41. The van der Waals surface area contributed by atoms with E-state index in [1.165, 1.54) is 4.90 Å². The number of likely N-dealkylation sites (N-methyl/N-ethyl adjacent to an activating group) is 1. The summed E-state index contributed by atoms with van der Waals surface area (Å²) in [5.41, 5.74) is 2.52. The van der Waals surface area contributed by atoms with Crippen molar-refractivity contribution < 1.29 is 49.8 Å². The topological polar surface area (TPSA) is 233 Å². The summed E-state index contributed by atoms with van der Waals surface area (Å²) in [6.07, 6.45) is -0.636. The number of para-hydroxylation sites is 1. The van der Waals surface area contributed by atoms with Gasteiger partial charge in [-0.15, -0.1) is 0 Å². The van der Waals surface area contributed by atoms with Crippen LogP contribution < -0.4 is 15.5 Å². The Morgan fingerprint density at radius 3 is 2.19 bits per heavy atom. The number of anilines is 2. The molecule has 2 aliphatic rings. The Hall–Kier alpha value is -4.25. The number of hydrogen-bond acceptors (Lipinski definition) is 11. The Kier molecular flexibility index (Phi) is 15.9. The molecule has 1 aliphatic carbocycles. The van der Waals surface area contributed by atoms with E-state index in [9.17, 15) is 24.3 Å². The number of carbonyl (C=O) groups excluding carboxylic acids is 3. The van der Waals surface area contributed by atoms with Crippen molar-refractivity contribution in [3.63, 3.8) is 0 Å². The van der Waals surface area contributed by atoms with Crippen LogP contribution in [0.15, 0.2) is 53.6 Å². The fourth-order valence-corrected chi connectivity index (χ4v) is 5.87. The molecule has 15 nitrogen and oxygen atoms in total. The molecule has 52 heavy (non-hydrogen) atoms. The number of nitrogens with zero attached hydrogens (tertiary/aromatic N) is 3. The molecule has 0 spiro atoms. The number of aliphatic hydroxyl groups excluding tert-OH is 5. The minimum absolute atomic E-state index is 0.0936. The first-order valence-corrected chi connectivity index (χ1v) is 17.5. The van der Waals surface area contributed by atoms with Gasteiger partial charge in [0.05, 0.1) is 37.1 Å². The van der Waals surface area contributed by atoms with Gasteiger partial charge in [-0.25, -0.2) is 9.80 Å². The second-order valence-corrected chi connectivity index (χ2v) is 14.1. The fourth-order valence-electron chi connectivity index (χ4n) is 5.87. The van der Waals surface area contributed by atoms with Crippen molar-refractivity contribution in [3.8, 4) is 0 Å². The number of amides is 3. The Labute approximate surface area is 304 Å². The summed E-state index contributed by atoms with van der Waals surface area (Å²) in [6.45, 7) is 4.39. The lowest BCUT2D eigenvalue weighted by Gasteiger charge is -2.28. The van der Waals surface area contributed by atoms with Crippen molar-refractivity contribution in [2.24, 2.45) is 16.4 Å². The molecular weight excluding hydrogens is 674 g/mol. The predicted molar refractivity (Wildman–Crippen MR) is 195 cm³/mol. The van der Waals surface area contributed by atoms with Crippen LogP contribution >= 0.6 is 0 Å². The number of Topliss-reactive ketones (excluding diaryl/α,β-unsaturated/α-hetero) is 1. The zero-order chi connectivity index (χ0) is 38.6. The zero-order valence-corrected chi connectivity index (χ0v) is 30.2. The number of hydrazone groups is 1. The SMILES string of the molecule is CC(C)(C)C(=O)CN1C(=O)N(CC(=O)Nc2cccc(CC(=O)O)c2)N=C(C2CCCCC2)c2ccccc21.CNC[C@H](O)[C@@H](O)[C@H](O)[C@H](O)CO. The molecule has 4 rings (SSSR count). The van der Waals surface area contributed by atoms with Crippen molar-refractivity contribution >= 4 is 40.8 Å². The normalized spacial score (nSPS) is 17.4. The van der Waals surface area contributed by atoms with Crippen molar-refractivity contribution in [1.29, 1.82) is 0 Å². The van der Waals surface area contributed by atoms with Gasteiger partial charge < -0.3 is 41.3 Å². The average molecular weight is 728 g/mol. The van der Waals surface area contributed by atoms with E-state index in [0.717, 1.165) is 48.4 Å². The smallest absolute Gasteiger partial charge is 0.345 e. The largest absolute Gasteiger partial charge is 0.481 e. The maximum atomic E-state index is 13.9. The van der Waals surface area contributed by atoms with E-state index in [1.807, 2.05) is 45.0 Å². The molecule has 2 aromatic rings. The Morgan fingerprint density at radius 2 is 1.58 bits per heavy atom. The first-order chi connectivity index (χ1) is 24.6. The minimum Gasteiger partial charge on any atom is -0.481 e. The van der Waals surface area contributed by atoms with Crippen LogP contribution in [-0.2, 0) is 20.8 Å². The number of ketones is 1. The molecule has 2 aromatic carbocycles. The number of carbonyl (C=O) groups is 4. The van der Waals surface area contributed by atoms with Crippen LogP contribution in [0.5, 0.6) is 0 Å². The van der Waals surface area contributed by atoms with E-state index >= 15 is 0 Å². The molecule has 0 aromatic heterocycles. The molecular formula is C37H53N5O10. The highest BCUT2D eigenvalue weighted by atomic mass is 16.4. The molecule has 0 unspecified atom stereocenters. The van der Waals surface area contributed by atoms with Gasteiger partial charge in [0.1, 0.15) is 24.9 Å². The van der Waals surface area contributed by atoms with Crippen molar-refractivity contribution in [3.05, 3.63) is 59.7 Å². The second-order valence-electron chi connectivity index (χ2n) is 14.1. The number of benzene rings is 2. The van der Waals surface area contributed by atoms with Crippen molar-refractivity contribution in [2.75, 3.05) is 43.5 Å². The number of fused-ring (bicyclic) bond motifs is 1. The molecule has 1 fully saturated rings. The summed E-state index contributed by atoms with van der Waals surface area (Å²) < 4.78 is 0. The van der Waals surface area contributed by atoms with Gasteiger partial charge in [0.2, 0.25) is 5.91 Å². The predicted octanol–water partition coefficient (Wildman–Crippen LogP) is 1.74. The molecule has 0 bridgehead atoms. The first-order valence-electron chi connectivity index (χ1n) is 17.5. The highest BCUT2D eigenvalue weighted by Gasteiger charge is 2.36. The maximum absolute atomic E-state index is 13.9. The van der Waals surface area contributed by atoms with Gasteiger partial charge >= 0.3 is 12.0 Å². The molecule has 1 aliphatic heterocycles. The molecule has 15 heteroatoms. The molecule has 0 saturated heterocycles. The Bertz CT molecular complexity index is 1560. The van der Waals surface area contributed by atoms with E-state index in [4.69, 9.17) is 30.6 Å². The second kappa shape index (κ2) is 19.5. The van der Waals surface area contributed by atoms with Crippen LogP contribution in [-0.4, -0.2) is 123 Å². The third kappa shape index (κ3) is 11.9. The van der Waals surface area contributed by atoms with Crippen LogP contribution in [0.25, 0.3) is 0 Å². The van der Waals surface area contributed by atoms with E-state index in [-0.39, 0.29) is 37.8 Å². The van der Waals surface area contributed by atoms with Crippen molar-refractivity contribution in [2.45, 2.75) is 83.7 Å². The molecule has 4 atom stereocenters. The highest BCUT2D eigenvalue weighted by molar-refractivity contribution is 6.13. The van der Waals surface area contributed by atoms with E-state index in [2.05, 4.69) is 10.6 Å². The number of rotatable bonds is 14. The van der Waals surface area contributed by atoms with Crippen LogP contribution in [0.3, 0.4) is 0 Å². The van der Waals surface area contributed by atoms with Crippen LogP contribution in [0.1, 0.15) is 64.0 Å². The van der Waals surface area contributed by atoms with Crippen LogP contribution in [0, 0.1) is 11.3 Å².